The first-order chi connectivity index (χ1) is 13.3. The number of nitrogens with zero attached hydrogens (tertiary/aromatic N) is 3. The van der Waals surface area contributed by atoms with Crippen LogP contribution in [0.15, 0.2) is 53.6 Å². The van der Waals surface area contributed by atoms with Gasteiger partial charge in [-0.1, -0.05) is 0 Å². The first-order valence-corrected chi connectivity index (χ1v) is 8.39. The number of rotatable bonds is 6. The Hall–Kier alpha value is -3.88. The number of anilines is 1. The van der Waals surface area contributed by atoms with Crippen LogP contribution in [0.2, 0.25) is 0 Å². The van der Waals surface area contributed by atoms with E-state index >= 15 is 0 Å². The Balaban J connectivity index is 1.71. The number of nitro groups is 1. The molecule has 0 aliphatic rings. The van der Waals surface area contributed by atoms with E-state index in [-0.39, 0.29) is 35.7 Å². The first-order valence-electron chi connectivity index (χ1n) is 8.39. The van der Waals surface area contributed by atoms with E-state index in [9.17, 15) is 24.5 Å². The third kappa shape index (κ3) is 4.09. The number of carbonyl (C=O) groups excluding carboxylic acids is 2. The summed E-state index contributed by atoms with van der Waals surface area (Å²) in [5, 5.41) is 13.7. The summed E-state index contributed by atoms with van der Waals surface area (Å²) >= 11 is 0. The SMILES string of the molecule is CC(=O)c1ccc(NC(=O)CCn2cnc3ccc([N+](=O)[O-])cc3c2=O)cc1. The molecule has 1 aromatic heterocycles. The van der Waals surface area contributed by atoms with Gasteiger partial charge in [-0.15, -0.1) is 0 Å². The standard InChI is InChI=1S/C19H16N4O5/c1-12(24)13-2-4-14(5-3-13)21-18(25)8-9-22-11-20-17-7-6-15(23(27)28)10-16(17)19(22)26/h2-7,10-11H,8-9H2,1H3,(H,21,25). The third-order valence-corrected chi connectivity index (χ3v) is 4.17. The van der Waals surface area contributed by atoms with Crippen LogP contribution in [0, 0.1) is 10.1 Å². The summed E-state index contributed by atoms with van der Waals surface area (Å²) < 4.78 is 1.24. The summed E-state index contributed by atoms with van der Waals surface area (Å²) in [5.74, 6) is -0.386. The Bertz CT molecular complexity index is 1140. The molecule has 2 aromatic carbocycles. The number of hydrogen-bond acceptors (Lipinski definition) is 6. The molecule has 0 aliphatic heterocycles. The number of non-ortho nitro benzene ring substituents is 1. The van der Waals surface area contributed by atoms with Crippen LogP contribution in [0.25, 0.3) is 10.9 Å². The fourth-order valence-corrected chi connectivity index (χ4v) is 2.65. The quantitative estimate of drug-likeness (QED) is 0.398. The molecule has 0 atom stereocenters. The second kappa shape index (κ2) is 7.78. The molecule has 0 spiro atoms. The summed E-state index contributed by atoms with van der Waals surface area (Å²) in [5.41, 5.74) is 0.778. The largest absolute Gasteiger partial charge is 0.326 e. The number of amides is 1. The van der Waals surface area contributed by atoms with Crippen molar-refractivity contribution < 1.29 is 14.5 Å². The Morgan fingerprint density at radius 1 is 1.18 bits per heavy atom. The second-order valence-corrected chi connectivity index (χ2v) is 6.13. The van der Waals surface area contributed by atoms with E-state index in [0.29, 0.717) is 16.8 Å². The highest BCUT2D eigenvalue weighted by Crippen LogP contribution is 2.16. The van der Waals surface area contributed by atoms with Gasteiger partial charge in [-0.3, -0.25) is 29.1 Å². The Morgan fingerprint density at radius 3 is 2.54 bits per heavy atom. The molecule has 1 N–H and O–H groups in total. The van der Waals surface area contributed by atoms with E-state index < -0.39 is 10.5 Å². The predicted molar refractivity (Wildman–Crippen MR) is 102 cm³/mol. The van der Waals surface area contributed by atoms with Gasteiger partial charge < -0.3 is 5.32 Å². The number of aromatic nitrogens is 2. The lowest BCUT2D eigenvalue weighted by molar-refractivity contribution is -0.384. The van der Waals surface area contributed by atoms with Crippen molar-refractivity contribution in [2.75, 3.05) is 5.32 Å². The second-order valence-electron chi connectivity index (χ2n) is 6.13. The molecule has 1 heterocycles. The van der Waals surface area contributed by atoms with Crippen molar-refractivity contribution in [1.29, 1.82) is 0 Å². The molecule has 9 heteroatoms. The van der Waals surface area contributed by atoms with Gasteiger partial charge in [-0.05, 0) is 37.3 Å². The fourth-order valence-electron chi connectivity index (χ4n) is 2.65. The monoisotopic (exact) mass is 380 g/mol. The average Bonchev–Trinajstić information content (AvgIpc) is 2.67. The molecule has 3 rings (SSSR count). The maximum Gasteiger partial charge on any atom is 0.270 e. The number of carbonyl (C=O) groups is 2. The zero-order chi connectivity index (χ0) is 20.3. The topological polar surface area (TPSA) is 124 Å². The fraction of sp³-hybridized carbons (Fsp3) is 0.158. The lowest BCUT2D eigenvalue weighted by atomic mass is 10.1. The number of benzene rings is 2. The molecule has 0 saturated heterocycles. The maximum absolute atomic E-state index is 12.5. The van der Waals surface area contributed by atoms with Crippen molar-refractivity contribution in [3.8, 4) is 0 Å². The molecule has 28 heavy (non-hydrogen) atoms. The van der Waals surface area contributed by atoms with Crippen molar-refractivity contribution in [2.45, 2.75) is 19.9 Å². The number of ketones is 1. The highest BCUT2D eigenvalue weighted by molar-refractivity contribution is 5.95. The van der Waals surface area contributed by atoms with Gasteiger partial charge in [0.15, 0.2) is 5.78 Å². The van der Waals surface area contributed by atoms with E-state index in [2.05, 4.69) is 10.3 Å². The summed E-state index contributed by atoms with van der Waals surface area (Å²) in [6.45, 7) is 1.53. The first kappa shape index (κ1) is 18.9. The number of nitrogens with one attached hydrogen (secondary N) is 1. The van der Waals surface area contributed by atoms with Gasteiger partial charge in [-0.25, -0.2) is 4.98 Å². The van der Waals surface area contributed by atoms with Gasteiger partial charge in [0.05, 0.1) is 22.2 Å². The molecule has 0 radical (unpaired) electrons. The number of aryl methyl sites for hydroxylation is 1. The smallest absolute Gasteiger partial charge is 0.270 e. The summed E-state index contributed by atoms with van der Waals surface area (Å²) in [6, 6.07) is 10.3. The maximum atomic E-state index is 12.5. The van der Waals surface area contributed by atoms with Gasteiger partial charge in [0.2, 0.25) is 5.91 Å². The van der Waals surface area contributed by atoms with Crippen LogP contribution in [0.5, 0.6) is 0 Å². The molecule has 0 bridgehead atoms. The highest BCUT2D eigenvalue weighted by Gasteiger charge is 2.12. The van der Waals surface area contributed by atoms with Crippen LogP contribution in [0.3, 0.4) is 0 Å². The lowest BCUT2D eigenvalue weighted by Gasteiger charge is -2.08. The Labute approximate surface area is 158 Å². The molecule has 1 amide bonds. The molecule has 0 aliphatic carbocycles. The Morgan fingerprint density at radius 2 is 1.89 bits per heavy atom. The highest BCUT2D eigenvalue weighted by atomic mass is 16.6. The molecule has 0 unspecified atom stereocenters. The number of nitro benzene ring substituents is 1. The van der Waals surface area contributed by atoms with Crippen molar-refractivity contribution in [3.63, 3.8) is 0 Å². The van der Waals surface area contributed by atoms with Gasteiger partial charge in [0.1, 0.15) is 0 Å². The molecule has 0 fully saturated rings. The van der Waals surface area contributed by atoms with E-state index in [1.165, 1.54) is 36.0 Å². The normalized spacial score (nSPS) is 10.6. The Kier molecular flexibility index (Phi) is 5.25. The average molecular weight is 380 g/mol. The zero-order valence-corrected chi connectivity index (χ0v) is 14.9. The van der Waals surface area contributed by atoms with Crippen LogP contribution in [-0.2, 0) is 11.3 Å². The van der Waals surface area contributed by atoms with E-state index in [1.54, 1.807) is 24.3 Å². The van der Waals surface area contributed by atoms with Crippen molar-refractivity contribution in [3.05, 3.63) is 74.8 Å². The minimum atomic E-state index is -0.582. The van der Waals surface area contributed by atoms with Gasteiger partial charge in [0, 0.05) is 36.3 Å². The van der Waals surface area contributed by atoms with Crippen LogP contribution in [0.1, 0.15) is 23.7 Å². The third-order valence-electron chi connectivity index (χ3n) is 4.17. The summed E-state index contributed by atoms with van der Waals surface area (Å²) in [6.07, 6.45) is 1.32. The van der Waals surface area contributed by atoms with E-state index in [0.717, 1.165) is 0 Å². The molecule has 142 valence electrons. The van der Waals surface area contributed by atoms with Crippen molar-refractivity contribution in [1.82, 2.24) is 9.55 Å². The predicted octanol–water partition coefficient (Wildman–Crippen LogP) is 2.54. The number of fused-ring (bicyclic) bond motifs is 1. The van der Waals surface area contributed by atoms with Crippen molar-refractivity contribution >= 4 is 34.0 Å². The summed E-state index contributed by atoms with van der Waals surface area (Å²) in [7, 11) is 0. The van der Waals surface area contributed by atoms with Gasteiger partial charge in [0.25, 0.3) is 11.2 Å². The van der Waals surface area contributed by atoms with E-state index in [4.69, 9.17) is 0 Å². The minimum Gasteiger partial charge on any atom is -0.326 e. The van der Waals surface area contributed by atoms with E-state index in [1.807, 2.05) is 0 Å². The van der Waals surface area contributed by atoms with Crippen LogP contribution in [-0.4, -0.2) is 26.2 Å². The molecular formula is C19H16N4O5. The van der Waals surface area contributed by atoms with Crippen LogP contribution in [0.4, 0.5) is 11.4 Å². The zero-order valence-electron chi connectivity index (χ0n) is 14.9. The van der Waals surface area contributed by atoms with Gasteiger partial charge in [-0.2, -0.15) is 0 Å². The summed E-state index contributed by atoms with van der Waals surface area (Å²) in [4.78, 5) is 50.3. The van der Waals surface area contributed by atoms with Crippen LogP contribution >= 0.6 is 0 Å². The van der Waals surface area contributed by atoms with Crippen molar-refractivity contribution in [2.24, 2.45) is 0 Å². The lowest BCUT2D eigenvalue weighted by Crippen LogP contribution is -2.23. The van der Waals surface area contributed by atoms with Crippen LogP contribution < -0.4 is 10.9 Å². The number of hydrogen-bond donors (Lipinski definition) is 1. The minimum absolute atomic E-state index is 0.0104. The molecule has 9 nitrogen and oxygen atoms in total. The molecule has 3 aromatic rings. The molecule has 0 saturated carbocycles. The molecular weight excluding hydrogens is 364 g/mol. The van der Waals surface area contributed by atoms with Gasteiger partial charge >= 0.3 is 0 Å². The number of Topliss-reactive ketones (excluding diaryl/α,β-unsaturated/α-hetero) is 1.